The van der Waals surface area contributed by atoms with Crippen molar-refractivity contribution in [1.82, 2.24) is 37.2 Å². The molecule has 0 heterocycles. The van der Waals surface area contributed by atoms with Crippen molar-refractivity contribution in [3.05, 3.63) is 22.6 Å². The van der Waals surface area contributed by atoms with E-state index < -0.39 is 82.6 Å². The number of ether oxygens (including phenoxy) is 7. The number of hydrogen-bond acceptors (Lipinski definition) is 15. The quantitative estimate of drug-likeness (QED) is 0.0114. The van der Waals surface area contributed by atoms with E-state index >= 15 is 0 Å². The summed E-state index contributed by atoms with van der Waals surface area (Å²) in [6.07, 6.45) is 2.40. The third-order valence-electron chi connectivity index (χ3n) is 8.44. The van der Waals surface area contributed by atoms with Crippen LogP contribution in [0.5, 0.6) is 0 Å². The molecule has 0 spiro atoms. The summed E-state index contributed by atoms with van der Waals surface area (Å²) in [4.78, 5) is 93.1. The van der Waals surface area contributed by atoms with E-state index in [9.17, 15) is 33.6 Å². The van der Waals surface area contributed by atoms with Gasteiger partial charge in [-0.05, 0) is 134 Å². The molecular weight excluding hydrogens is 917 g/mol. The molecule has 7 amide bonds. The summed E-state index contributed by atoms with van der Waals surface area (Å²) >= 11 is 0. The first-order chi connectivity index (χ1) is 32.6. The number of unbranched alkanes of at least 4 members (excludes halogenated alkanes) is 2. The molecule has 0 aromatic rings. The Labute approximate surface area is 413 Å². The first-order valence-corrected chi connectivity index (χ1v) is 23.8. The Balaban J connectivity index is 5.81. The second-order valence-corrected chi connectivity index (χ2v) is 19.8. The molecule has 402 valence electrons. The average molecular weight is 1000 g/mol. The molecule has 0 rings (SSSR count). The molecule has 0 aliphatic heterocycles. The smallest absolute Gasteiger partial charge is 0.408 e. The molecule has 0 aliphatic rings. The Kier molecular flexibility index (Phi) is 31.9. The second-order valence-electron chi connectivity index (χ2n) is 19.8. The molecule has 0 bridgehead atoms. The lowest BCUT2D eigenvalue weighted by Gasteiger charge is -2.25. The topological polar surface area (TPSA) is 317 Å². The molecule has 24 heteroatoms. The van der Waals surface area contributed by atoms with Crippen LogP contribution in [0.2, 0.25) is 0 Å². The first kappa shape index (κ1) is 64.4. The van der Waals surface area contributed by atoms with Crippen LogP contribution in [0.4, 0.5) is 19.2 Å². The van der Waals surface area contributed by atoms with Crippen LogP contribution in [0.25, 0.3) is 10.4 Å². The summed E-state index contributed by atoms with van der Waals surface area (Å²) in [6, 6.07) is -3.22. The van der Waals surface area contributed by atoms with E-state index in [1.165, 1.54) is 0 Å². The minimum Gasteiger partial charge on any atom is -0.444 e. The van der Waals surface area contributed by atoms with Crippen molar-refractivity contribution in [2.75, 3.05) is 72.4 Å². The van der Waals surface area contributed by atoms with Gasteiger partial charge in [0.15, 0.2) is 0 Å². The van der Waals surface area contributed by atoms with Gasteiger partial charge in [-0.3, -0.25) is 14.4 Å². The Hall–Kier alpha value is -5.58. The van der Waals surface area contributed by atoms with Gasteiger partial charge in [0.25, 0.3) is 0 Å². The first-order valence-electron chi connectivity index (χ1n) is 23.8. The van der Waals surface area contributed by atoms with Crippen molar-refractivity contribution < 1.29 is 66.7 Å². The molecule has 3 atom stereocenters. The number of carbonyl (C=O) groups is 7. The van der Waals surface area contributed by atoms with Crippen molar-refractivity contribution in [2.24, 2.45) is 5.11 Å². The Morgan fingerprint density at radius 2 is 0.886 bits per heavy atom. The Morgan fingerprint density at radius 1 is 0.471 bits per heavy atom. The predicted octanol–water partition coefficient (Wildman–Crippen LogP) is 5.19. The maximum atomic E-state index is 13.8. The van der Waals surface area contributed by atoms with Gasteiger partial charge >= 0.3 is 24.4 Å². The lowest BCUT2D eigenvalue weighted by molar-refractivity contribution is -0.130. The second kappa shape index (κ2) is 34.7. The predicted molar refractivity (Wildman–Crippen MR) is 261 cm³/mol. The van der Waals surface area contributed by atoms with Gasteiger partial charge in [-0.25, -0.2) is 19.2 Å². The van der Waals surface area contributed by atoms with Crippen LogP contribution >= 0.6 is 0 Å². The zero-order valence-corrected chi connectivity index (χ0v) is 43.7. The van der Waals surface area contributed by atoms with Crippen molar-refractivity contribution in [3.63, 3.8) is 0 Å². The lowest BCUT2D eigenvalue weighted by atomic mass is 10.1. The summed E-state index contributed by atoms with van der Waals surface area (Å²) in [7, 11) is 0. The van der Waals surface area contributed by atoms with Crippen LogP contribution in [-0.2, 0) is 47.5 Å². The molecule has 70 heavy (non-hydrogen) atoms. The van der Waals surface area contributed by atoms with E-state index in [2.05, 4.69) is 47.2 Å². The van der Waals surface area contributed by atoms with Gasteiger partial charge in [0, 0.05) is 37.6 Å². The summed E-state index contributed by atoms with van der Waals surface area (Å²) in [5.74, 6) is -1.66. The maximum Gasteiger partial charge on any atom is 0.408 e. The molecule has 0 fully saturated rings. The van der Waals surface area contributed by atoms with Crippen LogP contribution in [-0.4, -0.2) is 155 Å². The van der Waals surface area contributed by atoms with Crippen molar-refractivity contribution in [1.29, 1.82) is 0 Å². The highest BCUT2D eigenvalue weighted by atomic mass is 16.6. The Bertz CT molecular complexity index is 1670. The monoisotopic (exact) mass is 1000 g/mol. The van der Waals surface area contributed by atoms with Crippen LogP contribution in [0.3, 0.4) is 0 Å². The van der Waals surface area contributed by atoms with E-state index in [1.807, 2.05) is 0 Å². The summed E-state index contributed by atoms with van der Waals surface area (Å²) < 4.78 is 37.6. The van der Waals surface area contributed by atoms with Gasteiger partial charge < -0.3 is 70.4 Å². The fraction of sp³-hybridized carbons (Fsp3) is 0.804. The van der Waals surface area contributed by atoms with Gasteiger partial charge in [0.05, 0.1) is 39.6 Å². The van der Waals surface area contributed by atoms with Gasteiger partial charge in [-0.2, -0.15) is 0 Å². The minimum atomic E-state index is -1.19. The molecule has 0 aromatic carbocycles. The molecule has 0 saturated heterocycles. The van der Waals surface area contributed by atoms with E-state index in [0.29, 0.717) is 45.4 Å². The number of carbonyl (C=O) groups excluding carboxylic acids is 7. The molecular formula is C46H84N10O14. The highest BCUT2D eigenvalue weighted by Gasteiger charge is 2.29. The van der Waals surface area contributed by atoms with Gasteiger partial charge in [0.1, 0.15) is 40.5 Å². The zero-order chi connectivity index (χ0) is 53.2. The molecule has 3 unspecified atom stereocenters. The number of nitrogens with zero attached hydrogens (tertiary/aromatic N) is 3. The van der Waals surface area contributed by atoms with Gasteiger partial charge in [-0.15, -0.1) is 0 Å². The number of hydrogen-bond donors (Lipinski definition) is 7. The molecule has 0 aliphatic carbocycles. The number of alkyl carbamates (subject to hydrolysis) is 4. The van der Waals surface area contributed by atoms with E-state index in [4.69, 9.17) is 38.7 Å². The maximum absolute atomic E-state index is 13.8. The van der Waals surface area contributed by atoms with Crippen LogP contribution in [0.1, 0.15) is 128 Å². The summed E-state index contributed by atoms with van der Waals surface area (Å²) in [6.45, 7) is 23.0. The van der Waals surface area contributed by atoms with Crippen molar-refractivity contribution >= 4 is 42.1 Å². The number of rotatable bonds is 32. The fourth-order valence-electron chi connectivity index (χ4n) is 5.56. The van der Waals surface area contributed by atoms with E-state index in [1.54, 1.807) is 95.2 Å². The van der Waals surface area contributed by atoms with Gasteiger partial charge in [-0.1, -0.05) is 17.3 Å². The molecule has 7 N–H and O–H groups in total. The highest BCUT2D eigenvalue weighted by molar-refractivity contribution is 5.91. The number of azide groups is 1. The van der Waals surface area contributed by atoms with Gasteiger partial charge in [0.2, 0.25) is 17.7 Å². The normalized spacial score (nSPS) is 13.1. The van der Waals surface area contributed by atoms with Crippen LogP contribution < -0.4 is 37.2 Å². The highest BCUT2D eigenvalue weighted by Crippen LogP contribution is 2.12. The SMILES string of the molecule is CC(C)(C)OC(=O)NC/C=C/CC(NC(=O)OC(C)(C)C)C(=O)NC(CCCCNC(=O)C(CCCCNC(=O)OC(C)(C)C)NC(=O)OC(C)(C)C)C(=O)NCCOCCOCCOCCN=[N+]=[N-]. The molecule has 0 aromatic heterocycles. The van der Waals surface area contributed by atoms with Crippen molar-refractivity contribution in [2.45, 2.75) is 169 Å². The van der Waals surface area contributed by atoms with Crippen LogP contribution in [0, 0.1) is 0 Å². The summed E-state index contributed by atoms with van der Waals surface area (Å²) in [5.41, 5.74) is 5.27. The zero-order valence-electron chi connectivity index (χ0n) is 43.7. The third kappa shape index (κ3) is 39.3. The lowest BCUT2D eigenvalue weighted by Crippen LogP contribution is -2.54. The third-order valence-corrected chi connectivity index (χ3v) is 8.44. The molecule has 0 saturated carbocycles. The number of amides is 7. The standard InChI is InChI=1S/C46H84N10O14/c1-43(2,3)67-39(60)50-23-17-14-20-34(54-41(62)69-45(7,8)9)37(58)48-22-16-13-19-33(36(57)49-25-27-64-29-31-66-32-30-65-28-26-52-56-47)53-38(59)35(55-42(63)70-46(10,11)12)21-15-18-24-51-40(61)68-44(4,5)6/h15,18,33-35H,13-14,16-17,19-32H2,1-12H3,(H,48,58)(H,49,57)(H,50,60)(H,51,61)(H,53,59)(H,54,62)(H,55,63)/b18-15+. The molecule has 0 radical (unpaired) electrons. The largest absolute Gasteiger partial charge is 0.444 e. The van der Waals surface area contributed by atoms with E-state index in [0.717, 1.165) is 0 Å². The Morgan fingerprint density at radius 3 is 1.39 bits per heavy atom. The van der Waals surface area contributed by atoms with E-state index in [-0.39, 0.29) is 71.9 Å². The van der Waals surface area contributed by atoms with Crippen LogP contribution in [0.15, 0.2) is 17.3 Å². The average Bonchev–Trinajstić information content (AvgIpc) is 3.20. The van der Waals surface area contributed by atoms with Crippen molar-refractivity contribution in [3.8, 4) is 0 Å². The molecule has 24 nitrogen and oxygen atoms in total. The fourth-order valence-corrected chi connectivity index (χ4v) is 5.56. The minimum absolute atomic E-state index is 0.0298. The summed E-state index contributed by atoms with van der Waals surface area (Å²) in [5, 5.41) is 22.2. The number of nitrogens with one attached hydrogen (secondary N) is 7.